The maximum Gasteiger partial charge on any atom is 0.422 e. The van der Waals surface area contributed by atoms with Gasteiger partial charge in [-0.1, -0.05) is 29.8 Å². The van der Waals surface area contributed by atoms with E-state index in [0.29, 0.717) is 5.56 Å². The van der Waals surface area contributed by atoms with Crippen LogP contribution in [-0.4, -0.2) is 54.6 Å². The first-order chi connectivity index (χ1) is 17.5. The van der Waals surface area contributed by atoms with E-state index in [4.69, 9.17) is 19.3 Å². The molecule has 0 radical (unpaired) electrons. The number of carbonyl (C=O) groups excluding carboxylic acids is 1. The minimum Gasteiger partial charge on any atom is -0.494 e. The second-order valence-corrected chi connectivity index (χ2v) is 8.33. The molecule has 0 aliphatic heterocycles. The third kappa shape index (κ3) is 6.20. The minimum absolute atomic E-state index is 0.00169. The largest absolute Gasteiger partial charge is 0.494 e. The third-order valence-electron chi connectivity index (χ3n) is 5.84. The lowest BCUT2D eigenvalue weighted by molar-refractivity contribution is -0.270. The number of halogens is 3. The molecular formula is C27H28F3NO6. The van der Waals surface area contributed by atoms with E-state index in [9.17, 15) is 23.1 Å². The monoisotopic (exact) mass is 519 g/mol. The Labute approximate surface area is 212 Å². The molecule has 1 unspecified atom stereocenters. The van der Waals surface area contributed by atoms with Crippen molar-refractivity contribution in [2.45, 2.75) is 31.5 Å². The lowest BCUT2D eigenvalue weighted by atomic mass is 9.89. The zero-order chi connectivity index (χ0) is 27.2. The highest BCUT2D eigenvalue weighted by Gasteiger charge is 2.56. The number of rotatable bonds is 11. The molecule has 2 aromatic carbocycles. The van der Waals surface area contributed by atoms with Crippen molar-refractivity contribution >= 4 is 5.78 Å². The van der Waals surface area contributed by atoms with Crippen molar-refractivity contribution in [1.82, 2.24) is 4.98 Å². The number of aliphatic hydroxyl groups is 2. The Hall–Kier alpha value is -3.63. The fourth-order valence-corrected chi connectivity index (χ4v) is 3.73. The smallest absolute Gasteiger partial charge is 0.422 e. The van der Waals surface area contributed by atoms with Crippen LogP contribution < -0.4 is 14.2 Å². The number of alkyl halides is 3. The Morgan fingerprint density at radius 1 is 0.946 bits per heavy atom. The summed E-state index contributed by atoms with van der Waals surface area (Å²) in [5.41, 5.74) is -2.34. The molecule has 7 nitrogen and oxygen atoms in total. The van der Waals surface area contributed by atoms with Crippen LogP contribution in [0.2, 0.25) is 0 Å². The lowest BCUT2D eigenvalue weighted by Crippen LogP contribution is -2.43. The number of carbonyl (C=O) groups is 1. The normalized spacial score (nSPS) is 13.1. The van der Waals surface area contributed by atoms with Gasteiger partial charge in [0.1, 0.15) is 18.1 Å². The quantitative estimate of drug-likeness (QED) is 0.349. The van der Waals surface area contributed by atoms with Crippen molar-refractivity contribution in [3.63, 3.8) is 0 Å². The zero-order valence-electron chi connectivity index (χ0n) is 20.6. The summed E-state index contributed by atoms with van der Waals surface area (Å²) in [6.07, 6.45) is -6.68. The number of pyridine rings is 1. The number of hydrogen-bond acceptors (Lipinski definition) is 7. The van der Waals surface area contributed by atoms with Crippen LogP contribution in [0, 0.1) is 6.92 Å². The van der Waals surface area contributed by atoms with E-state index in [1.165, 1.54) is 38.5 Å². The van der Waals surface area contributed by atoms with E-state index in [1.54, 1.807) is 24.3 Å². The van der Waals surface area contributed by atoms with Gasteiger partial charge in [0.2, 0.25) is 5.60 Å². The first-order valence-electron chi connectivity index (χ1n) is 11.4. The number of Topliss-reactive ketones (excluding diaryl/α,β-unsaturated/α-hetero) is 1. The molecule has 0 saturated heterocycles. The number of aryl methyl sites for hydroxylation is 1. The van der Waals surface area contributed by atoms with Gasteiger partial charge >= 0.3 is 6.18 Å². The highest BCUT2D eigenvalue weighted by Crippen LogP contribution is 2.43. The van der Waals surface area contributed by atoms with Gasteiger partial charge in [-0.3, -0.25) is 4.79 Å². The number of benzene rings is 2. The van der Waals surface area contributed by atoms with Gasteiger partial charge in [-0.2, -0.15) is 13.2 Å². The maximum absolute atomic E-state index is 14.2. The fraction of sp³-hybridized carbons (Fsp3) is 0.333. The van der Waals surface area contributed by atoms with Gasteiger partial charge in [0.25, 0.3) is 0 Å². The van der Waals surface area contributed by atoms with Gasteiger partial charge in [-0.05, 0) is 43.7 Å². The summed E-state index contributed by atoms with van der Waals surface area (Å²) in [5, 5.41) is 19.8. The van der Waals surface area contributed by atoms with Gasteiger partial charge in [0.05, 0.1) is 26.5 Å². The molecule has 0 bridgehead atoms. The van der Waals surface area contributed by atoms with Crippen LogP contribution in [0.3, 0.4) is 0 Å². The SMILES string of the molecule is COc1cc(C(=O)CCC(O)(c2ccc(OC)c(-c3ccc(C)cc3)n2)C(F)(F)F)ccc1OCCO. The van der Waals surface area contributed by atoms with Crippen LogP contribution in [-0.2, 0) is 5.60 Å². The zero-order valence-corrected chi connectivity index (χ0v) is 20.6. The molecule has 0 fully saturated rings. The summed E-state index contributed by atoms with van der Waals surface area (Å²) in [6, 6.07) is 13.5. The molecule has 0 saturated carbocycles. The molecule has 0 aliphatic rings. The number of aliphatic hydroxyl groups excluding tert-OH is 1. The van der Waals surface area contributed by atoms with E-state index in [-0.39, 0.29) is 41.7 Å². The van der Waals surface area contributed by atoms with E-state index in [0.717, 1.165) is 11.6 Å². The Bertz CT molecular complexity index is 1230. The Morgan fingerprint density at radius 2 is 1.59 bits per heavy atom. The van der Waals surface area contributed by atoms with Crippen molar-refractivity contribution in [3.05, 3.63) is 71.4 Å². The van der Waals surface area contributed by atoms with Crippen LogP contribution in [0.15, 0.2) is 54.6 Å². The van der Waals surface area contributed by atoms with Crippen LogP contribution >= 0.6 is 0 Å². The van der Waals surface area contributed by atoms with E-state index in [1.807, 2.05) is 6.92 Å². The minimum atomic E-state index is -5.11. The van der Waals surface area contributed by atoms with E-state index < -0.39 is 36.1 Å². The second kappa shape index (κ2) is 11.6. The topological polar surface area (TPSA) is 98.1 Å². The number of hydrogen-bond donors (Lipinski definition) is 2. The van der Waals surface area contributed by atoms with E-state index >= 15 is 0 Å². The van der Waals surface area contributed by atoms with Gasteiger partial charge in [0, 0.05) is 17.5 Å². The van der Waals surface area contributed by atoms with Crippen molar-refractivity contribution in [2.75, 3.05) is 27.4 Å². The maximum atomic E-state index is 14.2. The molecule has 2 N–H and O–H groups in total. The first kappa shape index (κ1) is 27.9. The summed E-state index contributed by atoms with van der Waals surface area (Å²) in [5.74, 6) is 0.0571. The molecule has 10 heteroatoms. The Kier molecular flexibility index (Phi) is 8.77. The molecule has 1 aromatic heterocycles. The number of aromatic nitrogens is 1. The van der Waals surface area contributed by atoms with Crippen LogP contribution in [0.4, 0.5) is 13.2 Å². The molecule has 198 valence electrons. The van der Waals surface area contributed by atoms with Gasteiger partial charge in [0.15, 0.2) is 17.3 Å². The molecule has 37 heavy (non-hydrogen) atoms. The Morgan fingerprint density at radius 3 is 2.19 bits per heavy atom. The average molecular weight is 520 g/mol. The van der Waals surface area contributed by atoms with Crippen molar-refractivity contribution < 1.29 is 42.4 Å². The number of nitrogens with zero attached hydrogens (tertiary/aromatic N) is 1. The number of methoxy groups -OCH3 is 2. The highest BCUT2D eigenvalue weighted by molar-refractivity contribution is 5.96. The lowest BCUT2D eigenvalue weighted by Gasteiger charge is -2.30. The van der Waals surface area contributed by atoms with Gasteiger partial charge < -0.3 is 24.4 Å². The van der Waals surface area contributed by atoms with Crippen LogP contribution in [0.5, 0.6) is 17.2 Å². The molecular weight excluding hydrogens is 491 g/mol. The first-order valence-corrected chi connectivity index (χ1v) is 11.4. The summed E-state index contributed by atoms with van der Waals surface area (Å²) in [4.78, 5) is 16.9. The molecule has 0 spiro atoms. The molecule has 3 aromatic rings. The van der Waals surface area contributed by atoms with Crippen LogP contribution in [0.25, 0.3) is 11.3 Å². The predicted molar refractivity (Wildman–Crippen MR) is 130 cm³/mol. The Balaban J connectivity index is 1.92. The van der Waals surface area contributed by atoms with Crippen molar-refractivity contribution in [2.24, 2.45) is 0 Å². The average Bonchev–Trinajstić information content (AvgIpc) is 2.89. The second-order valence-electron chi connectivity index (χ2n) is 8.33. The summed E-state index contributed by atoms with van der Waals surface area (Å²) in [7, 11) is 2.72. The number of ketones is 1. The van der Waals surface area contributed by atoms with Crippen molar-refractivity contribution in [1.29, 1.82) is 0 Å². The third-order valence-corrected chi connectivity index (χ3v) is 5.84. The van der Waals surface area contributed by atoms with Gasteiger partial charge in [-0.15, -0.1) is 0 Å². The van der Waals surface area contributed by atoms with Crippen LogP contribution in [0.1, 0.15) is 34.5 Å². The predicted octanol–water partition coefficient (Wildman–Crippen LogP) is 4.86. The molecule has 0 amide bonds. The number of ether oxygens (including phenoxy) is 3. The van der Waals surface area contributed by atoms with Gasteiger partial charge in [-0.25, -0.2) is 4.98 Å². The molecule has 0 aliphatic carbocycles. The molecule has 1 heterocycles. The van der Waals surface area contributed by atoms with E-state index in [2.05, 4.69) is 4.98 Å². The molecule has 1 atom stereocenters. The molecule has 3 rings (SSSR count). The highest BCUT2D eigenvalue weighted by atomic mass is 19.4. The standard InChI is InChI=1S/C27H28F3NO6/c1-17-4-6-18(7-5-17)25-22(35-2)10-11-24(31-25)26(34,27(28,29)30)13-12-20(33)19-8-9-21(37-15-14-32)23(16-19)36-3/h4-11,16,32,34H,12-15H2,1-3H3. The summed E-state index contributed by atoms with van der Waals surface area (Å²) < 4.78 is 58.4. The fourth-order valence-electron chi connectivity index (χ4n) is 3.73. The van der Waals surface area contributed by atoms with Crippen molar-refractivity contribution in [3.8, 4) is 28.5 Å². The summed E-state index contributed by atoms with van der Waals surface area (Å²) >= 11 is 0. The summed E-state index contributed by atoms with van der Waals surface area (Å²) in [6.45, 7) is 1.64.